The normalized spacial score (nSPS) is 11.9. The van der Waals surface area contributed by atoms with Gasteiger partial charge in [-0.15, -0.1) is 0 Å². The lowest BCUT2D eigenvalue weighted by Gasteiger charge is -2.22. The van der Waals surface area contributed by atoms with Gasteiger partial charge in [0.05, 0.1) is 6.54 Å². The summed E-state index contributed by atoms with van der Waals surface area (Å²) in [4.78, 5) is 1.24. The molecule has 0 saturated carbocycles. The van der Waals surface area contributed by atoms with Crippen molar-refractivity contribution in [1.29, 1.82) is 5.41 Å². The van der Waals surface area contributed by atoms with Gasteiger partial charge in [0.1, 0.15) is 5.84 Å². The molecule has 19 heavy (non-hydrogen) atoms. The minimum Gasteiger partial charge on any atom is -0.384 e. The van der Waals surface area contributed by atoms with Crippen LogP contribution in [0.1, 0.15) is 18.1 Å². The second-order valence-electron chi connectivity index (χ2n) is 4.14. The van der Waals surface area contributed by atoms with Crippen molar-refractivity contribution < 1.29 is 13.2 Å². The van der Waals surface area contributed by atoms with Gasteiger partial charge in [0.25, 0.3) is 0 Å². The molecule has 3 nitrogen and oxygen atoms in total. The smallest absolute Gasteiger partial charge is 0.384 e. The lowest BCUT2D eigenvalue weighted by Crippen LogP contribution is -2.33. The average Bonchev–Trinajstić information content (AvgIpc) is 2.28. The molecule has 1 aromatic rings. The van der Waals surface area contributed by atoms with Crippen LogP contribution in [-0.4, -0.2) is 30.0 Å². The molecule has 1 rings (SSSR count). The topological polar surface area (TPSA) is 53.1 Å². The van der Waals surface area contributed by atoms with Crippen LogP contribution in [0.25, 0.3) is 0 Å². The number of alkyl halides is 3. The summed E-state index contributed by atoms with van der Waals surface area (Å²) in [5.41, 5.74) is 6.34. The molecule has 7 heteroatoms. The van der Waals surface area contributed by atoms with Crippen LogP contribution in [0.3, 0.4) is 0 Å². The number of nitrogens with zero attached hydrogens (tertiary/aromatic N) is 1. The van der Waals surface area contributed by atoms with Gasteiger partial charge >= 0.3 is 6.18 Å². The second kappa shape index (κ2) is 6.25. The monoisotopic (exact) mass is 293 g/mol. The molecule has 1 aromatic carbocycles. The Balaban J connectivity index is 2.83. The maximum Gasteiger partial charge on any atom is 0.401 e. The second-order valence-corrected chi connectivity index (χ2v) is 4.55. The molecule has 106 valence electrons. The predicted molar refractivity (Wildman–Crippen MR) is 69.5 cm³/mol. The van der Waals surface area contributed by atoms with E-state index in [9.17, 15) is 13.2 Å². The molecule has 0 aliphatic carbocycles. The lowest BCUT2D eigenvalue weighted by atomic mass is 10.1. The number of nitrogens with two attached hydrogens (primary N) is 1. The van der Waals surface area contributed by atoms with Gasteiger partial charge in [-0.05, 0) is 18.2 Å². The molecule has 0 radical (unpaired) electrons. The van der Waals surface area contributed by atoms with E-state index in [1.165, 1.54) is 11.0 Å². The van der Waals surface area contributed by atoms with E-state index in [2.05, 4.69) is 0 Å². The Kier molecular flexibility index (Phi) is 5.20. The van der Waals surface area contributed by atoms with Gasteiger partial charge in [-0.1, -0.05) is 30.7 Å². The van der Waals surface area contributed by atoms with Crippen LogP contribution < -0.4 is 5.73 Å². The Bertz CT molecular complexity index is 460. The summed E-state index contributed by atoms with van der Waals surface area (Å²) in [6.45, 7) is 1.05. The van der Waals surface area contributed by atoms with Crippen LogP contribution in [0.15, 0.2) is 18.2 Å². The quantitative estimate of drug-likeness (QED) is 0.648. The molecule has 0 unspecified atom stereocenters. The van der Waals surface area contributed by atoms with Crippen molar-refractivity contribution in [3.8, 4) is 0 Å². The molecule has 0 bridgehead atoms. The molecule has 0 saturated heterocycles. The Hall–Kier alpha value is -1.27. The zero-order valence-corrected chi connectivity index (χ0v) is 11.1. The van der Waals surface area contributed by atoms with Gasteiger partial charge < -0.3 is 5.73 Å². The van der Waals surface area contributed by atoms with Crippen molar-refractivity contribution in [1.82, 2.24) is 4.90 Å². The van der Waals surface area contributed by atoms with Gasteiger partial charge in [0, 0.05) is 17.1 Å². The third-order valence-electron chi connectivity index (χ3n) is 2.61. The minimum absolute atomic E-state index is 0.104. The summed E-state index contributed by atoms with van der Waals surface area (Å²) in [6, 6.07) is 4.66. The average molecular weight is 294 g/mol. The lowest BCUT2D eigenvalue weighted by molar-refractivity contribution is -0.146. The van der Waals surface area contributed by atoms with Gasteiger partial charge in [-0.25, -0.2) is 0 Å². The number of nitrogens with one attached hydrogen (secondary N) is 1. The van der Waals surface area contributed by atoms with E-state index in [1.807, 2.05) is 0 Å². The van der Waals surface area contributed by atoms with E-state index in [1.54, 1.807) is 19.1 Å². The molecule has 0 spiro atoms. The van der Waals surface area contributed by atoms with Crippen molar-refractivity contribution in [2.75, 3.05) is 13.1 Å². The minimum atomic E-state index is -4.23. The number of amidine groups is 1. The van der Waals surface area contributed by atoms with Crippen molar-refractivity contribution in [3.63, 3.8) is 0 Å². The summed E-state index contributed by atoms with van der Waals surface area (Å²) in [5.74, 6) is -0.129. The van der Waals surface area contributed by atoms with E-state index in [0.717, 1.165) is 0 Å². The molecule has 0 amide bonds. The summed E-state index contributed by atoms with van der Waals surface area (Å²) < 4.78 is 37.0. The third kappa shape index (κ3) is 5.08. The molecule has 0 fully saturated rings. The van der Waals surface area contributed by atoms with Crippen LogP contribution >= 0.6 is 11.6 Å². The van der Waals surface area contributed by atoms with Crippen molar-refractivity contribution in [3.05, 3.63) is 34.3 Å². The number of rotatable bonds is 5. The number of halogens is 4. The molecule has 0 aromatic heterocycles. The number of hydrogen-bond donors (Lipinski definition) is 2. The first-order chi connectivity index (χ1) is 8.73. The fourth-order valence-corrected chi connectivity index (χ4v) is 1.86. The Morgan fingerprint density at radius 1 is 1.42 bits per heavy atom. The first kappa shape index (κ1) is 15.8. The highest BCUT2D eigenvalue weighted by Gasteiger charge is 2.30. The number of hydrogen-bond acceptors (Lipinski definition) is 2. The molecule has 0 heterocycles. The Labute approximate surface area is 114 Å². The van der Waals surface area contributed by atoms with Crippen LogP contribution in [0, 0.1) is 5.41 Å². The first-order valence-electron chi connectivity index (χ1n) is 5.65. The van der Waals surface area contributed by atoms with Crippen molar-refractivity contribution >= 4 is 17.4 Å². The molecule has 0 aliphatic rings. The van der Waals surface area contributed by atoms with Gasteiger partial charge in [0.15, 0.2) is 0 Å². The standard InChI is InChI=1S/C12H15ClF3N3/c1-2-19(7-12(14,15)16)6-9-4-3-8(11(17)18)5-10(9)13/h3-5H,2,6-7H2,1H3,(H3,17,18). The fraction of sp³-hybridized carbons (Fsp3) is 0.417. The maximum atomic E-state index is 12.3. The van der Waals surface area contributed by atoms with E-state index in [4.69, 9.17) is 22.7 Å². The van der Waals surface area contributed by atoms with Crippen molar-refractivity contribution in [2.24, 2.45) is 5.73 Å². The maximum absolute atomic E-state index is 12.3. The summed E-state index contributed by atoms with van der Waals surface area (Å²) in [6.07, 6.45) is -4.23. The molecule has 0 aliphatic heterocycles. The van der Waals surface area contributed by atoms with Crippen molar-refractivity contribution in [2.45, 2.75) is 19.6 Å². The first-order valence-corrected chi connectivity index (χ1v) is 6.02. The molecular formula is C12H15ClF3N3. The fourth-order valence-electron chi connectivity index (χ4n) is 1.62. The van der Waals surface area contributed by atoms with Crippen LogP contribution in [0.2, 0.25) is 5.02 Å². The third-order valence-corrected chi connectivity index (χ3v) is 2.96. The zero-order valence-electron chi connectivity index (χ0n) is 10.4. The summed E-state index contributed by atoms with van der Waals surface area (Å²) >= 11 is 5.99. The van der Waals surface area contributed by atoms with Crippen LogP contribution in [-0.2, 0) is 6.54 Å². The number of benzene rings is 1. The highest BCUT2D eigenvalue weighted by Crippen LogP contribution is 2.22. The summed E-state index contributed by atoms with van der Waals surface area (Å²) in [7, 11) is 0. The molecule has 3 N–H and O–H groups in total. The highest BCUT2D eigenvalue weighted by atomic mass is 35.5. The number of nitrogen functional groups attached to an aromatic ring is 1. The predicted octanol–water partition coefficient (Wildman–Crippen LogP) is 3.01. The zero-order chi connectivity index (χ0) is 14.6. The van der Waals surface area contributed by atoms with E-state index in [-0.39, 0.29) is 18.9 Å². The largest absolute Gasteiger partial charge is 0.401 e. The van der Waals surface area contributed by atoms with E-state index >= 15 is 0 Å². The van der Waals surface area contributed by atoms with Gasteiger partial charge in [0.2, 0.25) is 0 Å². The Morgan fingerprint density at radius 3 is 2.47 bits per heavy atom. The summed E-state index contributed by atoms with van der Waals surface area (Å²) in [5, 5.41) is 7.57. The SMILES string of the molecule is CCN(Cc1ccc(C(=N)N)cc1Cl)CC(F)(F)F. The molecule has 0 atom stereocenters. The molecular weight excluding hydrogens is 279 g/mol. The van der Waals surface area contributed by atoms with Gasteiger partial charge in [-0.3, -0.25) is 10.3 Å². The van der Waals surface area contributed by atoms with Crippen LogP contribution in [0.5, 0.6) is 0 Å². The Morgan fingerprint density at radius 2 is 2.05 bits per heavy atom. The van der Waals surface area contributed by atoms with E-state index in [0.29, 0.717) is 16.1 Å². The highest BCUT2D eigenvalue weighted by molar-refractivity contribution is 6.31. The van der Waals surface area contributed by atoms with Gasteiger partial charge in [-0.2, -0.15) is 13.2 Å². The van der Waals surface area contributed by atoms with Crippen LogP contribution in [0.4, 0.5) is 13.2 Å². The van der Waals surface area contributed by atoms with E-state index < -0.39 is 12.7 Å².